The number of aromatic hydroxyl groups is 1. The van der Waals surface area contributed by atoms with Gasteiger partial charge in [-0.05, 0) is 18.2 Å². The molecule has 0 saturated carbocycles. The average molecular weight is 286 g/mol. The third-order valence-electron chi connectivity index (χ3n) is 2.95. The van der Waals surface area contributed by atoms with Gasteiger partial charge in [-0.25, -0.2) is 0 Å². The molecule has 0 atom stereocenters. The molecule has 0 saturated heterocycles. The van der Waals surface area contributed by atoms with E-state index < -0.39 is 10.7 Å². The van der Waals surface area contributed by atoms with Crippen molar-refractivity contribution in [3.05, 3.63) is 52.1 Å². The smallest absolute Gasteiger partial charge is 0.311 e. The van der Waals surface area contributed by atoms with Gasteiger partial charge in [0.15, 0.2) is 11.5 Å². The Bertz CT molecular complexity index is 742. The molecule has 0 unspecified atom stereocenters. The summed E-state index contributed by atoms with van der Waals surface area (Å²) in [7, 11) is 0. The highest BCUT2D eigenvalue weighted by Gasteiger charge is 2.15. The molecule has 0 aromatic heterocycles. The van der Waals surface area contributed by atoms with Crippen molar-refractivity contribution in [3.8, 4) is 17.2 Å². The molecular weight excluding hydrogens is 276 g/mol. The average Bonchev–Trinajstić information content (AvgIpc) is 2.93. The van der Waals surface area contributed by atoms with Crippen molar-refractivity contribution in [1.82, 2.24) is 0 Å². The monoisotopic (exact) mass is 286 g/mol. The summed E-state index contributed by atoms with van der Waals surface area (Å²) >= 11 is 0. The van der Waals surface area contributed by atoms with Crippen molar-refractivity contribution in [1.29, 1.82) is 0 Å². The second-order valence-electron chi connectivity index (χ2n) is 4.27. The number of para-hydroxylation sites is 1. The number of nitrogens with zero attached hydrogens (tertiary/aromatic N) is 2. The summed E-state index contributed by atoms with van der Waals surface area (Å²) in [5.74, 6) is 0.826. The molecule has 2 aromatic carbocycles. The van der Waals surface area contributed by atoms with Gasteiger partial charge in [-0.2, -0.15) is 0 Å². The summed E-state index contributed by atoms with van der Waals surface area (Å²) in [6.45, 7) is 0.175. The summed E-state index contributed by atoms with van der Waals surface area (Å²) in [4.78, 5) is 14.3. The number of fused-ring (bicyclic) bond motifs is 1. The molecule has 21 heavy (non-hydrogen) atoms. The highest BCUT2D eigenvalue weighted by Crippen LogP contribution is 2.35. The number of phenolic OH excluding ortho intramolecular Hbond substituents is 1. The van der Waals surface area contributed by atoms with Crippen LogP contribution in [0.4, 0.5) is 11.4 Å². The van der Waals surface area contributed by atoms with Gasteiger partial charge in [-0.15, -0.1) is 0 Å². The van der Waals surface area contributed by atoms with Crippen molar-refractivity contribution in [2.75, 3.05) is 6.79 Å². The summed E-state index contributed by atoms with van der Waals surface area (Å²) in [6.07, 6.45) is 1.36. The molecule has 0 fully saturated rings. The van der Waals surface area contributed by atoms with E-state index in [0.29, 0.717) is 17.2 Å². The van der Waals surface area contributed by atoms with E-state index >= 15 is 0 Å². The number of nitro groups is 1. The number of benzene rings is 2. The Kier molecular flexibility index (Phi) is 3.15. The topological polar surface area (TPSA) is 94.2 Å². The lowest BCUT2D eigenvalue weighted by molar-refractivity contribution is -0.385. The fourth-order valence-electron chi connectivity index (χ4n) is 1.91. The molecule has 2 aromatic rings. The van der Waals surface area contributed by atoms with Gasteiger partial charge in [-0.1, -0.05) is 6.07 Å². The fraction of sp³-hybridized carbons (Fsp3) is 0.0714. The molecule has 0 bridgehead atoms. The zero-order chi connectivity index (χ0) is 14.8. The minimum Gasteiger partial charge on any atom is -0.502 e. The number of aliphatic imine (C=N–C) groups is 1. The van der Waals surface area contributed by atoms with Crippen LogP contribution in [0.25, 0.3) is 0 Å². The van der Waals surface area contributed by atoms with E-state index in [1.165, 1.54) is 18.3 Å². The third-order valence-corrected chi connectivity index (χ3v) is 2.95. The van der Waals surface area contributed by atoms with Gasteiger partial charge < -0.3 is 14.6 Å². The molecule has 0 radical (unpaired) electrons. The summed E-state index contributed by atoms with van der Waals surface area (Å²) < 4.78 is 10.4. The number of ether oxygens (including phenoxy) is 2. The van der Waals surface area contributed by atoms with Crippen LogP contribution in [-0.2, 0) is 0 Å². The Morgan fingerprint density at radius 2 is 2.05 bits per heavy atom. The van der Waals surface area contributed by atoms with Gasteiger partial charge in [0, 0.05) is 23.9 Å². The molecule has 0 aliphatic carbocycles. The van der Waals surface area contributed by atoms with Crippen molar-refractivity contribution in [2.45, 2.75) is 0 Å². The highest BCUT2D eigenvalue weighted by atomic mass is 16.7. The molecule has 1 aliphatic rings. The Hall–Kier alpha value is -3.09. The maximum absolute atomic E-state index is 10.7. The van der Waals surface area contributed by atoms with Crippen LogP contribution < -0.4 is 9.47 Å². The van der Waals surface area contributed by atoms with E-state index in [1.54, 1.807) is 24.3 Å². The molecular formula is C14H10N2O5. The third kappa shape index (κ3) is 2.48. The van der Waals surface area contributed by atoms with Crippen LogP contribution in [0.5, 0.6) is 17.2 Å². The summed E-state index contributed by atoms with van der Waals surface area (Å²) in [5.41, 5.74) is 0.497. The van der Waals surface area contributed by atoms with Gasteiger partial charge in [0.25, 0.3) is 0 Å². The molecule has 7 nitrogen and oxygen atoms in total. The van der Waals surface area contributed by atoms with E-state index in [-0.39, 0.29) is 18.0 Å². The number of hydrogen-bond acceptors (Lipinski definition) is 6. The zero-order valence-electron chi connectivity index (χ0n) is 10.7. The van der Waals surface area contributed by atoms with Gasteiger partial charge >= 0.3 is 5.69 Å². The van der Waals surface area contributed by atoms with Crippen LogP contribution in [0.1, 0.15) is 5.56 Å². The Balaban J connectivity index is 1.90. The van der Waals surface area contributed by atoms with E-state index in [4.69, 9.17) is 9.47 Å². The van der Waals surface area contributed by atoms with Crippen LogP contribution in [0, 0.1) is 10.1 Å². The van der Waals surface area contributed by atoms with Crippen molar-refractivity contribution in [2.24, 2.45) is 4.99 Å². The molecule has 0 amide bonds. The van der Waals surface area contributed by atoms with Crippen LogP contribution in [0.3, 0.4) is 0 Å². The lowest BCUT2D eigenvalue weighted by Gasteiger charge is -2.00. The summed E-state index contributed by atoms with van der Waals surface area (Å²) in [5, 5.41) is 20.6. The number of phenols is 1. The second kappa shape index (κ2) is 5.12. The largest absolute Gasteiger partial charge is 0.502 e. The van der Waals surface area contributed by atoms with Crippen LogP contribution in [0.15, 0.2) is 41.4 Å². The molecule has 3 rings (SSSR count). The SMILES string of the molecule is O=[N+]([O-])c1cccc(C=Nc2ccc3c(c2)OCO3)c1O. The first-order valence-corrected chi connectivity index (χ1v) is 6.05. The minimum atomic E-state index is -0.646. The normalized spacial score (nSPS) is 12.8. The molecule has 7 heteroatoms. The number of nitro benzene ring substituents is 1. The Labute approximate surface area is 119 Å². The molecule has 106 valence electrons. The molecule has 1 heterocycles. The van der Waals surface area contributed by atoms with E-state index in [1.807, 2.05) is 0 Å². The van der Waals surface area contributed by atoms with Crippen LogP contribution >= 0.6 is 0 Å². The van der Waals surface area contributed by atoms with E-state index in [0.717, 1.165) is 0 Å². The highest BCUT2D eigenvalue weighted by molar-refractivity contribution is 5.87. The first kappa shape index (κ1) is 12.9. The Morgan fingerprint density at radius 3 is 2.86 bits per heavy atom. The van der Waals surface area contributed by atoms with Gasteiger partial charge in [-0.3, -0.25) is 15.1 Å². The van der Waals surface area contributed by atoms with Crippen molar-refractivity contribution >= 4 is 17.6 Å². The van der Waals surface area contributed by atoms with Crippen LogP contribution in [0.2, 0.25) is 0 Å². The van der Waals surface area contributed by atoms with E-state index in [2.05, 4.69) is 4.99 Å². The molecule has 1 aliphatic heterocycles. The molecule has 1 N–H and O–H groups in total. The molecule has 0 spiro atoms. The van der Waals surface area contributed by atoms with Gasteiger partial charge in [0.1, 0.15) is 0 Å². The second-order valence-corrected chi connectivity index (χ2v) is 4.27. The first-order chi connectivity index (χ1) is 10.1. The lowest BCUT2D eigenvalue weighted by atomic mass is 10.2. The lowest BCUT2D eigenvalue weighted by Crippen LogP contribution is -1.92. The zero-order valence-corrected chi connectivity index (χ0v) is 10.7. The fourth-order valence-corrected chi connectivity index (χ4v) is 1.91. The van der Waals surface area contributed by atoms with Gasteiger partial charge in [0.05, 0.1) is 10.6 Å². The standard InChI is InChI=1S/C14H10N2O5/c17-14-9(2-1-3-11(14)16(18)19)7-15-10-4-5-12-13(6-10)21-8-20-12/h1-7,17H,8H2. The van der Waals surface area contributed by atoms with Crippen molar-refractivity contribution in [3.63, 3.8) is 0 Å². The quantitative estimate of drug-likeness (QED) is 0.532. The predicted octanol–water partition coefficient (Wildman–Crippen LogP) is 2.78. The number of rotatable bonds is 3. The van der Waals surface area contributed by atoms with Crippen molar-refractivity contribution < 1.29 is 19.5 Å². The minimum absolute atomic E-state index is 0.175. The Morgan fingerprint density at radius 1 is 1.24 bits per heavy atom. The number of hydrogen-bond donors (Lipinski definition) is 1. The van der Waals surface area contributed by atoms with Gasteiger partial charge in [0.2, 0.25) is 12.5 Å². The maximum Gasteiger partial charge on any atom is 0.311 e. The predicted molar refractivity (Wildman–Crippen MR) is 74.6 cm³/mol. The first-order valence-electron chi connectivity index (χ1n) is 6.05. The maximum atomic E-state index is 10.7. The summed E-state index contributed by atoms with van der Waals surface area (Å²) in [6, 6.07) is 9.39. The van der Waals surface area contributed by atoms with E-state index in [9.17, 15) is 15.2 Å². The van der Waals surface area contributed by atoms with Crippen LogP contribution in [-0.4, -0.2) is 23.0 Å².